The fourth-order valence-corrected chi connectivity index (χ4v) is 6.47. The van der Waals surface area contributed by atoms with Crippen LogP contribution in [0.4, 0.5) is 4.79 Å². The summed E-state index contributed by atoms with van der Waals surface area (Å²) in [5.41, 5.74) is 2.84. The minimum Gasteiger partial charge on any atom is -0.490 e. The standard InChI is InChI=1S/C37H46Cl3N3O6/c1-24-17-31(38)34(32(39)18-24)49-16-15-48-30-12-8-25(9-13-30)19-27(23-43(36(45)46)37(2,3)4)35(44)42(29-10-11-29)22-26-20-28(7-6-14-47-5)41-21-33(26)40/h8-9,12-13,17-18,20-21,27,29H,6-7,10-11,14-16,19,22-23H2,1-5H3,(H,45,46). The summed E-state index contributed by atoms with van der Waals surface area (Å²) in [6.07, 6.45) is 4.26. The van der Waals surface area contributed by atoms with Crippen LogP contribution in [-0.4, -0.2) is 76.9 Å². The molecule has 4 rings (SSSR count). The van der Waals surface area contributed by atoms with Crippen molar-refractivity contribution in [3.63, 3.8) is 0 Å². The van der Waals surface area contributed by atoms with Crippen molar-refractivity contribution < 1.29 is 28.9 Å². The summed E-state index contributed by atoms with van der Waals surface area (Å²) >= 11 is 19.1. The minimum absolute atomic E-state index is 0.0486. The van der Waals surface area contributed by atoms with Gasteiger partial charge in [-0.15, -0.1) is 0 Å². The van der Waals surface area contributed by atoms with E-state index in [-0.39, 0.29) is 31.7 Å². The van der Waals surface area contributed by atoms with Crippen LogP contribution in [0.15, 0.2) is 48.7 Å². The lowest BCUT2D eigenvalue weighted by molar-refractivity contribution is -0.137. The molecule has 2 amide bonds. The van der Waals surface area contributed by atoms with E-state index >= 15 is 0 Å². The molecule has 1 fully saturated rings. The molecule has 0 spiro atoms. The maximum absolute atomic E-state index is 14.4. The fourth-order valence-electron chi connectivity index (χ4n) is 5.60. The van der Waals surface area contributed by atoms with Gasteiger partial charge in [-0.1, -0.05) is 46.9 Å². The van der Waals surface area contributed by atoms with Crippen molar-refractivity contribution in [2.24, 2.45) is 5.92 Å². The average Bonchev–Trinajstić information content (AvgIpc) is 3.87. The fraction of sp³-hybridized carbons (Fsp3) is 0.486. The summed E-state index contributed by atoms with van der Waals surface area (Å²) in [5.74, 6) is 0.328. The predicted octanol–water partition coefficient (Wildman–Crippen LogP) is 8.52. The quantitative estimate of drug-likeness (QED) is 0.139. The third-order valence-corrected chi connectivity index (χ3v) is 9.23. The normalized spacial score (nSPS) is 13.6. The molecule has 266 valence electrons. The molecule has 1 heterocycles. The van der Waals surface area contributed by atoms with Crippen molar-refractivity contribution in [2.45, 2.75) is 77.9 Å². The van der Waals surface area contributed by atoms with Gasteiger partial charge in [-0.3, -0.25) is 9.78 Å². The van der Waals surface area contributed by atoms with Crippen LogP contribution in [0.5, 0.6) is 11.5 Å². The topological polar surface area (TPSA) is 101 Å². The van der Waals surface area contributed by atoms with Gasteiger partial charge in [-0.05, 0) is 107 Å². The highest BCUT2D eigenvalue weighted by Crippen LogP contribution is 2.35. The van der Waals surface area contributed by atoms with Gasteiger partial charge >= 0.3 is 6.09 Å². The van der Waals surface area contributed by atoms with Crippen LogP contribution in [0.1, 0.15) is 62.4 Å². The van der Waals surface area contributed by atoms with E-state index in [4.69, 9.17) is 49.0 Å². The SMILES string of the molecule is COCCCc1cc(CN(C(=O)C(Cc2ccc(OCCOc3c(Cl)cc(C)cc3Cl)cc2)CN(C(=O)O)C(C)(C)C)C2CC2)c(Cl)cn1. The summed E-state index contributed by atoms with van der Waals surface area (Å²) in [7, 11) is 1.67. The average molecular weight is 735 g/mol. The number of rotatable bonds is 17. The molecule has 1 aliphatic carbocycles. The summed E-state index contributed by atoms with van der Waals surface area (Å²) in [5, 5.41) is 11.5. The Morgan fingerprint density at radius 2 is 1.63 bits per heavy atom. The number of amides is 2. The van der Waals surface area contributed by atoms with E-state index in [0.29, 0.717) is 46.1 Å². The lowest BCUT2D eigenvalue weighted by atomic mass is 9.94. The number of aromatic nitrogens is 1. The molecule has 1 unspecified atom stereocenters. The van der Waals surface area contributed by atoms with Crippen LogP contribution in [0.3, 0.4) is 0 Å². The molecule has 0 bridgehead atoms. The highest BCUT2D eigenvalue weighted by Gasteiger charge is 2.39. The van der Waals surface area contributed by atoms with Gasteiger partial charge in [0.15, 0.2) is 5.75 Å². The number of carboxylic acid groups (broad SMARTS) is 1. The molecular weight excluding hydrogens is 689 g/mol. The lowest BCUT2D eigenvalue weighted by Crippen LogP contribution is -2.51. The zero-order valence-electron chi connectivity index (χ0n) is 28.8. The second-order valence-corrected chi connectivity index (χ2v) is 14.6. The van der Waals surface area contributed by atoms with Crippen molar-refractivity contribution in [3.05, 3.63) is 86.1 Å². The summed E-state index contributed by atoms with van der Waals surface area (Å²) < 4.78 is 16.8. The van der Waals surface area contributed by atoms with E-state index in [1.165, 1.54) is 4.90 Å². The number of hydrogen-bond donors (Lipinski definition) is 1. The second-order valence-electron chi connectivity index (χ2n) is 13.4. The zero-order valence-corrected chi connectivity index (χ0v) is 31.1. The zero-order chi connectivity index (χ0) is 35.7. The molecule has 2 aromatic carbocycles. The molecule has 1 aliphatic rings. The first-order valence-corrected chi connectivity index (χ1v) is 17.6. The van der Waals surface area contributed by atoms with Crippen molar-refractivity contribution in [3.8, 4) is 11.5 Å². The van der Waals surface area contributed by atoms with Crippen molar-refractivity contribution >= 4 is 46.8 Å². The number of pyridine rings is 1. The summed E-state index contributed by atoms with van der Waals surface area (Å²) in [6, 6.07) is 13.1. The number of methoxy groups -OCH3 is 1. The number of carbonyl (C=O) groups excluding carboxylic acids is 1. The number of benzene rings is 2. The number of carbonyl (C=O) groups is 2. The number of hydrogen-bond acceptors (Lipinski definition) is 6. The highest BCUT2D eigenvalue weighted by molar-refractivity contribution is 6.37. The van der Waals surface area contributed by atoms with E-state index in [1.54, 1.807) is 25.4 Å². The Morgan fingerprint density at radius 3 is 2.22 bits per heavy atom. The van der Waals surface area contributed by atoms with E-state index in [9.17, 15) is 14.7 Å². The highest BCUT2D eigenvalue weighted by atomic mass is 35.5. The molecule has 3 aromatic rings. The molecule has 1 aromatic heterocycles. The van der Waals surface area contributed by atoms with Crippen LogP contribution in [0.25, 0.3) is 0 Å². The maximum atomic E-state index is 14.4. The molecule has 0 aliphatic heterocycles. The number of aryl methyl sites for hydroxylation is 2. The lowest BCUT2D eigenvalue weighted by Gasteiger charge is -2.37. The number of nitrogens with zero attached hydrogens (tertiary/aromatic N) is 3. The molecular formula is C37H46Cl3N3O6. The second kappa shape index (κ2) is 17.6. The van der Waals surface area contributed by atoms with Crippen LogP contribution in [0, 0.1) is 12.8 Å². The van der Waals surface area contributed by atoms with Gasteiger partial charge in [-0.2, -0.15) is 0 Å². The van der Waals surface area contributed by atoms with Gasteiger partial charge in [0.1, 0.15) is 19.0 Å². The smallest absolute Gasteiger partial charge is 0.407 e. The minimum atomic E-state index is -1.07. The monoisotopic (exact) mass is 733 g/mol. The van der Waals surface area contributed by atoms with E-state index in [2.05, 4.69) is 4.98 Å². The van der Waals surface area contributed by atoms with Gasteiger partial charge in [0.05, 0.1) is 21.0 Å². The van der Waals surface area contributed by atoms with E-state index in [0.717, 1.165) is 48.1 Å². The number of ether oxygens (including phenoxy) is 3. The maximum Gasteiger partial charge on any atom is 0.407 e. The van der Waals surface area contributed by atoms with Gasteiger partial charge in [-0.25, -0.2) is 4.79 Å². The Morgan fingerprint density at radius 1 is 0.980 bits per heavy atom. The van der Waals surface area contributed by atoms with Crippen LogP contribution < -0.4 is 9.47 Å². The predicted molar refractivity (Wildman–Crippen MR) is 193 cm³/mol. The van der Waals surface area contributed by atoms with Crippen LogP contribution in [0.2, 0.25) is 15.1 Å². The van der Waals surface area contributed by atoms with Gasteiger partial charge in [0.2, 0.25) is 5.91 Å². The third kappa shape index (κ3) is 11.4. The Kier molecular flexibility index (Phi) is 13.9. The van der Waals surface area contributed by atoms with Crippen molar-refractivity contribution in [2.75, 3.05) is 33.5 Å². The Bertz CT molecular complexity index is 1550. The first-order valence-electron chi connectivity index (χ1n) is 16.5. The molecule has 12 heteroatoms. The molecule has 1 atom stereocenters. The third-order valence-electron chi connectivity index (χ3n) is 8.32. The molecule has 1 N–H and O–H groups in total. The van der Waals surface area contributed by atoms with E-state index < -0.39 is 17.6 Å². The summed E-state index contributed by atoms with van der Waals surface area (Å²) in [6.45, 7) is 8.92. The van der Waals surface area contributed by atoms with Crippen molar-refractivity contribution in [1.29, 1.82) is 0 Å². The molecule has 9 nitrogen and oxygen atoms in total. The first kappa shape index (κ1) is 38.6. The Balaban J connectivity index is 1.48. The van der Waals surface area contributed by atoms with Crippen molar-refractivity contribution in [1.82, 2.24) is 14.8 Å². The summed E-state index contributed by atoms with van der Waals surface area (Å²) in [4.78, 5) is 34.5. The van der Waals surface area contributed by atoms with E-state index in [1.807, 2.05) is 62.9 Å². The van der Waals surface area contributed by atoms with Gasteiger partial charge in [0, 0.05) is 50.3 Å². The molecule has 0 saturated heterocycles. The largest absolute Gasteiger partial charge is 0.490 e. The first-order chi connectivity index (χ1) is 23.3. The molecule has 1 saturated carbocycles. The van der Waals surface area contributed by atoms with Gasteiger partial charge in [0.25, 0.3) is 0 Å². The van der Waals surface area contributed by atoms with Crippen LogP contribution in [-0.2, 0) is 28.9 Å². The molecule has 0 radical (unpaired) electrons. The Hall–Kier alpha value is -3.24. The number of halogens is 3. The van der Waals surface area contributed by atoms with Crippen LogP contribution >= 0.6 is 34.8 Å². The molecule has 49 heavy (non-hydrogen) atoms. The van der Waals surface area contributed by atoms with Gasteiger partial charge < -0.3 is 29.1 Å². The Labute approximate surface area is 304 Å².